The molecule has 1 aliphatic rings. The molecule has 1 unspecified atom stereocenters. The highest BCUT2D eigenvalue weighted by Gasteiger charge is 2.20. The average molecular weight is 235 g/mol. The van der Waals surface area contributed by atoms with Crippen molar-refractivity contribution in [2.75, 3.05) is 24.6 Å². The predicted molar refractivity (Wildman–Crippen MR) is 65.3 cm³/mol. The number of rotatable bonds is 3. The summed E-state index contributed by atoms with van der Waals surface area (Å²) in [4.78, 5) is 10.5. The molecule has 92 valence electrons. The minimum Gasteiger partial charge on any atom is -0.382 e. The summed E-state index contributed by atoms with van der Waals surface area (Å²) in [6, 6.07) is 0. The molecule has 0 radical (unpaired) electrons. The lowest BCUT2D eigenvalue weighted by Gasteiger charge is -2.33. The van der Waals surface area contributed by atoms with E-state index < -0.39 is 0 Å². The van der Waals surface area contributed by atoms with Gasteiger partial charge in [-0.3, -0.25) is 5.41 Å². The van der Waals surface area contributed by atoms with Crippen molar-refractivity contribution in [2.24, 2.45) is 5.73 Å². The quantitative estimate of drug-likeness (QED) is 0.584. The molecule has 6 heteroatoms. The highest BCUT2D eigenvalue weighted by molar-refractivity contribution is 5.92. The van der Waals surface area contributed by atoms with Gasteiger partial charge < -0.3 is 15.4 Å². The maximum absolute atomic E-state index is 7.25. The van der Waals surface area contributed by atoms with E-state index in [4.69, 9.17) is 15.9 Å². The minimum absolute atomic E-state index is 0.0579. The van der Waals surface area contributed by atoms with E-state index in [0.29, 0.717) is 12.3 Å². The topological polar surface area (TPSA) is 88.1 Å². The van der Waals surface area contributed by atoms with E-state index in [1.165, 1.54) is 6.20 Å². The Morgan fingerprint density at radius 1 is 1.59 bits per heavy atom. The summed E-state index contributed by atoms with van der Waals surface area (Å²) in [6.07, 6.45) is 4.45. The van der Waals surface area contributed by atoms with Gasteiger partial charge in [0.15, 0.2) is 0 Å². The summed E-state index contributed by atoms with van der Waals surface area (Å²) in [6.45, 7) is 4.49. The van der Waals surface area contributed by atoms with Crippen LogP contribution in [-0.4, -0.2) is 41.6 Å². The van der Waals surface area contributed by atoms with Crippen molar-refractivity contribution in [3.8, 4) is 0 Å². The van der Waals surface area contributed by atoms with Gasteiger partial charge >= 0.3 is 0 Å². The van der Waals surface area contributed by atoms with Crippen LogP contribution in [0.3, 0.4) is 0 Å². The Hall–Kier alpha value is -1.69. The standard InChI is InChI=1S/C11H17N5O/c1-2-8-7-16(3-4-17-8)10-6-14-9(5-15-10)11(12)13/h5-6,8H,2-4,7H2,1H3,(H3,12,13). The molecule has 2 rings (SSSR count). The highest BCUT2D eigenvalue weighted by atomic mass is 16.5. The molecule has 1 aromatic rings. The zero-order chi connectivity index (χ0) is 12.3. The average Bonchev–Trinajstić information content (AvgIpc) is 2.39. The summed E-state index contributed by atoms with van der Waals surface area (Å²) >= 11 is 0. The van der Waals surface area contributed by atoms with E-state index >= 15 is 0 Å². The van der Waals surface area contributed by atoms with Crippen LogP contribution in [-0.2, 0) is 4.74 Å². The van der Waals surface area contributed by atoms with Gasteiger partial charge in [0, 0.05) is 13.1 Å². The zero-order valence-corrected chi connectivity index (χ0v) is 9.89. The number of ether oxygens (including phenoxy) is 1. The van der Waals surface area contributed by atoms with Crippen molar-refractivity contribution in [1.29, 1.82) is 5.41 Å². The second-order valence-corrected chi connectivity index (χ2v) is 4.02. The molecular formula is C11H17N5O. The molecule has 0 spiro atoms. The smallest absolute Gasteiger partial charge is 0.147 e. The lowest BCUT2D eigenvalue weighted by molar-refractivity contribution is 0.0381. The van der Waals surface area contributed by atoms with Crippen LogP contribution in [0.4, 0.5) is 5.82 Å². The highest BCUT2D eigenvalue weighted by Crippen LogP contribution is 2.15. The SMILES string of the molecule is CCC1CN(c2cnc(C(=N)N)cn2)CCO1. The van der Waals surface area contributed by atoms with Gasteiger partial charge in [-0.25, -0.2) is 9.97 Å². The number of nitrogen functional groups attached to an aromatic ring is 1. The van der Waals surface area contributed by atoms with E-state index in [1.54, 1.807) is 6.20 Å². The predicted octanol–water partition coefficient (Wildman–Crippen LogP) is 0.376. The monoisotopic (exact) mass is 235 g/mol. The van der Waals surface area contributed by atoms with Gasteiger partial charge in [0.2, 0.25) is 0 Å². The molecule has 0 amide bonds. The van der Waals surface area contributed by atoms with Gasteiger partial charge in [0.05, 0.1) is 25.1 Å². The first-order chi connectivity index (χ1) is 8.20. The van der Waals surface area contributed by atoms with Gasteiger partial charge in [-0.05, 0) is 6.42 Å². The molecule has 1 fully saturated rings. The van der Waals surface area contributed by atoms with Crippen LogP contribution in [0.2, 0.25) is 0 Å². The van der Waals surface area contributed by atoms with Gasteiger partial charge in [-0.2, -0.15) is 0 Å². The third kappa shape index (κ3) is 2.71. The molecule has 2 heterocycles. The fourth-order valence-electron chi connectivity index (χ4n) is 1.80. The number of anilines is 1. The fourth-order valence-corrected chi connectivity index (χ4v) is 1.80. The van der Waals surface area contributed by atoms with Gasteiger partial charge in [-0.15, -0.1) is 0 Å². The van der Waals surface area contributed by atoms with Crippen molar-refractivity contribution in [3.05, 3.63) is 18.1 Å². The first kappa shape index (κ1) is 11.8. The first-order valence-corrected chi connectivity index (χ1v) is 5.73. The Bertz CT molecular complexity index is 391. The van der Waals surface area contributed by atoms with Crippen LogP contribution in [0, 0.1) is 5.41 Å². The van der Waals surface area contributed by atoms with E-state index in [1.807, 2.05) is 0 Å². The summed E-state index contributed by atoms with van der Waals surface area (Å²) in [5.41, 5.74) is 5.74. The van der Waals surface area contributed by atoms with Crippen LogP contribution >= 0.6 is 0 Å². The third-order valence-corrected chi connectivity index (χ3v) is 2.83. The molecule has 1 aliphatic heterocycles. The zero-order valence-electron chi connectivity index (χ0n) is 9.89. The molecule has 0 aliphatic carbocycles. The van der Waals surface area contributed by atoms with Crippen molar-refractivity contribution >= 4 is 11.7 Å². The maximum atomic E-state index is 7.25. The van der Waals surface area contributed by atoms with Crippen molar-refractivity contribution in [2.45, 2.75) is 19.4 Å². The first-order valence-electron chi connectivity index (χ1n) is 5.73. The molecular weight excluding hydrogens is 218 g/mol. The minimum atomic E-state index is -0.0579. The lowest BCUT2D eigenvalue weighted by Crippen LogP contribution is -2.42. The molecule has 1 atom stereocenters. The van der Waals surface area contributed by atoms with E-state index in [2.05, 4.69) is 21.8 Å². The van der Waals surface area contributed by atoms with Gasteiger partial charge in [0.1, 0.15) is 17.3 Å². The third-order valence-electron chi connectivity index (χ3n) is 2.83. The Morgan fingerprint density at radius 2 is 2.41 bits per heavy atom. The Kier molecular flexibility index (Phi) is 3.53. The van der Waals surface area contributed by atoms with Gasteiger partial charge in [0.25, 0.3) is 0 Å². The number of nitrogens with two attached hydrogens (primary N) is 1. The van der Waals surface area contributed by atoms with E-state index in [-0.39, 0.29) is 11.9 Å². The van der Waals surface area contributed by atoms with Crippen LogP contribution in [0.5, 0.6) is 0 Å². The molecule has 3 N–H and O–H groups in total. The van der Waals surface area contributed by atoms with Crippen LogP contribution < -0.4 is 10.6 Å². The number of hydrogen-bond donors (Lipinski definition) is 2. The largest absolute Gasteiger partial charge is 0.382 e. The second-order valence-electron chi connectivity index (χ2n) is 4.02. The van der Waals surface area contributed by atoms with Crippen LogP contribution in [0.1, 0.15) is 19.0 Å². The van der Waals surface area contributed by atoms with Crippen molar-refractivity contribution in [1.82, 2.24) is 9.97 Å². The number of amidine groups is 1. The summed E-state index contributed by atoms with van der Waals surface area (Å²) in [5.74, 6) is 0.759. The molecule has 1 aromatic heterocycles. The lowest BCUT2D eigenvalue weighted by atomic mass is 10.2. The maximum Gasteiger partial charge on any atom is 0.147 e. The number of aromatic nitrogens is 2. The van der Waals surface area contributed by atoms with Crippen LogP contribution in [0.15, 0.2) is 12.4 Å². The Balaban J connectivity index is 2.08. The van der Waals surface area contributed by atoms with E-state index in [9.17, 15) is 0 Å². The number of nitrogens with zero attached hydrogens (tertiary/aromatic N) is 3. The number of morpholine rings is 1. The van der Waals surface area contributed by atoms with Crippen LogP contribution in [0.25, 0.3) is 0 Å². The summed E-state index contributed by atoms with van der Waals surface area (Å²) in [7, 11) is 0. The number of hydrogen-bond acceptors (Lipinski definition) is 5. The van der Waals surface area contributed by atoms with Gasteiger partial charge in [-0.1, -0.05) is 6.92 Å². The van der Waals surface area contributed by atoms with E-state index in [0.717, 1.165) is 25.3 Å². The molecule has 17 heavy (non-hydrogen) atoms. The fraction of sp³-hybridized carbons (Fsp3) is 0.545. The molecule has 0 bridgehead atoms. The molecule has 6 nitrogen and oxygen atoms in total. The van der Waals surface area contributed by atoms with Crippen molar-refractivity contribution < 1.29 is 4.74 Å². The molecule has 0 aromatic carbocycles. The molecule has 0 saturated carbocycles. The normalized spacial score (nSPS) is 20.3. The Labute approximate surface area is 100 Å². The summed E-state index contributed by atoms with van der Waals surface area (Å²) in [5, 5.41) is 7.25. The van der Waals surface area contributed by atoms with Crippen molar-refractivity contribution in [3.63, 3.8) is 0 Å². The summed E-state index contributed by atoms with van der Waals surface area (Å²) < 4.78 is 5.60. The Morgan fingerprint density at radius 3 is 3.00 bits per heavy atom. The second kappa shape index (κ2) is 5.09. The molecule has 1 saturated heterocycles. The number of nitrogens with one attached hydrogen (secondary N) is 1.